The van der Waals surface area contributed by atoms with Gasteiger partial charge in [0.25, 0.3) is 0 Å². The maximum absolute atomic E-state index is 12.8. The zero-order chi connectivity index (χ0) is 26.8. The molecule has 9 heteroatoms. The number of aliphatic carboxylic acids is 1. The van der Waals surface area contributed by atoms with Crippen LogP contribution in [-0.4, -0.2) is 28.9 Å². The van der Waals surface area contributed by atoms with E-state index in [1.165, 1.54) is 0 Å². The molecule has 4 aromatic rings. The van der Waals surface area contributed by atoms with Gasteiger partial charge in [-0.15, -0.1) is 0 Å². The number of amides is 1. The predicted molar refractivity (Wildman–Crippen MR) is 143 cm³/mol. The number of benzene rings is 3. The van der Waals surface area contributed by atoms with Crippen LogP contribution in [0.3, 0.4) is 0 Å². The first-order valence-corrected chi connectivity index (χ1v) is 12.5. The Morgan fingerprint density at radius 2 is 1.84 bits per heavy atom. The van der Waals surface area contributed by atoms with E-state index in [4.69, 9.17) is 30.7 Å². The molecule has 0 spiro atoms. The molecule has 5 rings (SSSR count). The van der Waals surface area contributed by atoms with Crippen molar-refractivity contribution in [1.29, 1.82) is 0 Å². The number of aromatic nitrogens is 1. The van der Waals surface area contributed by atoms with E-state index in [0.717, 1.165) is 22.3 Å². The summed E-state index contributed by atoms with van der Waals surface area (Å²) in [6.07, 6.45) is -0.565. The number of hydrogen-bond donors (Lipinski definition) is 2. The topological polar surface area (TPSA) is 111 Å². The number of carbonyl (C=O) groups is 2. The third-order valence-electron chi connectivity index (χ3n) is 6.44. The summed E-state index contributed by atoms with van der Waals surface area (Å²) in [6, 6.07) is 18.5. The number of carboxylic acids is 1. The molecule has 1 aromatic heterocycles. The molecule has 0 fully saturated rings. The van der Waals surface area contributed by atoms with Crippen molar-refractivity contribution >= 4 is 29.4 Å². The zero-order valence-corrected chi connectivity index (χ0v) is 21.5. The second-order valence-corrected chi connectivity index (χ2v) is 9.41. The van der Waals surface area contributed by atoms with Crippen molar-refractivity contribution < 1.29 is 28.7 Å². The van der Waals surface area contributed by atoms with E-state index < -0.39 is 18.2 Å². The number of carbonyl (C=O) groups excluding carboxylic acids is 1. The molecule has 1 amide bonds. The van der Waals surface area contributed by atoms with Crippen molar-refractivity contribution in [3.63, 3.8) is 0 Å². The van der Waals surface area contributed by atoms with Gasteiger partial charge >= 0.3 is 12.1 Å². The number of fused-ring (bicyclic) bond motifs is 1. The van der Waals surface area contributed by atoms with Crippen LogP contribution in [0.2, 0.25) is 5.02 Å². The molecular formula is C29H25ClN2O6. The van der Waals surface area contributed by atoms with Crippen molar-refractivity contribution in [1.82, 2.24) is 5.16 Å². The van der Waals surface area contributed by atoms with Crippen LogP contribution in [0.4, 0.5) is 10.5 Å². The Balaban J connectivity index is 1.41. The van der Waals surface area contributed by atoms with Crippen LogP contribution < -0.4 is 10.1 Å². The number of nitrogens with zero attached hydrogens (tertiary/aromatic N) is 1. The number of rotatable bonds is 7. The summed E-state index contributed by atoms with van der Waals surface area (Å²) in [5.74, 6) is 0.158. The fourth-order valence-electron chi connectivity index (χ4n) is 4.58. The Labute approximate surface area is 224 Å². The molecule has 1 aliphatic heterocycles. The van der Waals surface area contributed by atoms with E-state index in [-0.39, 0.29) is 6.42 Å². The van der Waals surface area contributed by atoms with Crippen LogP contribution >= 0.6 is 11.6 Å². The number of aryl methyl sites for hydroxylation is 1. The van der Waals surface area contributed by atoms with Crippen molar-refractivity contribution in [2.75, 3.05) is 11.9 Å². The molecule has 0 aliphatic carbocycles. The lowest BCUT2D eigenvalue weighted by molar-refractivity contribution is -0.136. The standard InChI is InChI=1S/C29H25ClN2O6/c1-16-26(31-29(35)37-17(2)20-5-3-4-6-24(20)30)28(38-32-16)23-12-11-21(22-13-14-36-27(22)23)19-9-7-18(8-10-19)15-25(33)34/h3-12,17H,13-15H2,1-2H3,(H,31,35)(H,33,34). The number of anilines is 1. The number of halogens is 1. The third-order valence-corrected chi connectivity index (χ3v) is 6.78. The monoisotopic (exact) mass is 532 g/mol. The van der Waals surface area contributed by atoms with Crippen LogP contribution in [0.15, 0.2) is 65.2 Å². The van der Waals surface area contributed by atoms with E-state index in [9.17, 15) is 9.59 Å². The second-order valence-electron chi connectivity index (χ2n) is 9.00. The summed E-state index contributed by atoms with van der Waals surface area (Å²) < 4.78 is 17.2. The molecule has 0 bridgehead atoms. The van der Waals surface area contributed by atoms with Crippen LogP contribution in [0.25, 0.3) is 22.5 Å². The number of nitrogens with one attached hydrogen (secondary N) is 1. The highest BCUT2D eigenvalue weighted by molar-refractivity contribution is 6.31. The van der Waals surface area contributed by atoms with Gasteiger partial charge in [-0.05, 0) is 42.7 Å². The Morgan fingerprint density at radius 3 is 2.58 bits per heavy atom. The van der Waals surface area contributed by atoms with E-state index in [1.807, 2.05) is 48.5 Å². The molecule has 38 heavy (non-hydrogen) atoms. The molecule has 194 valence electrons. The lowest BCUT2D eigenvalue weighted by Gasteiger charge is -2.16. The average Bonchev–Trinajstić information content (AvgIpc) is 3.51. The van der Waals surface area contributed by atoms with E-state index in [2.05, 4.69) is 10.5 Å². The average molecular weight is 533 g/mol. The molecule has 1 aliphatic rings. The highest BCUT2D eigenvalue weighted by Crippen LogP contribution is 2.45. The van der Waals surface area contributed by atoms with Crippen molar-refractivity contribution in [2.24, 2.45) is 0 Å². The SMILES string of the molecule is Cc1noc(-c2ccc(-c3ccc(CC(=O)O)cc3)c3c2OCC3)c1NC(=O)OC(C)c1ccccc1Cl. The maximum Gasteiger partial charge on any atom is 0.412 e. The molecule has 1 unspecified atom stereocenters. The minimum Gasteiger partial charge on any atom is -0.492 e. The summed E-state index contributed by atoms with van der Waals surface area (Å²) >= 11 is 6.24. The van der Waals surface area contributed by atoms with Crippen LogP contribution in [0.1, 0.15) is 35.4 Å². The third kappa shape index (κ3) is 5.08. The van der Waals surface area contributed by atoms with Crippen molar-refractivity contribution in [3.05, 3.63) is 88.1 Å². The highest BCUT2D eigenvalue weighted by Gasteiger charge is 2.27. The Hall–Kier alpha value is -4.30. The Kier molecular flexibility index (Phi) is 7.07. The number of ether oxygens (including phenoxy) is 2. The summed E-state index contributed by atoms with van der Waals surface area (Å²) in [4.78, 5) is 23.8. The molecule has 2 N–H and O–H groups in total. The first-order chi connectivity index (χ1) is 18.3. The van der Waals surface area contributed by atoms with Gasteiger partial charge in [-0.25, -0.2) is 4.79 Å². The smallest absolute Gasteiger partial charge is 0.412 e. The van der Waals surface area contributed by atoms with Crippen LogP contribution in [0.5, 0.6) is 5.75 Å². The van der Waals surface area contributed by atoms with Gasteiger partial charge in [0.2, 0.25) is 0 Å². The van der Waals surface area contributed by atoms with E-state index in [0.29, 0.717) is 52.1 Å². The number of hydrogen-bond acceptors (Lipinski definition) is 6. The minimum absolute atomic E-state index is 0.0271. The lowest BCUT2D eigenvalue weighted by Crippen LogP contribution is -2.17. The molecular weight excluding hydrogens is 508 g/mol. The van der Waals surface area contributed by atoms with Gasteiger partial charge in [-0.3, -0.25) is 10.1 Å². The largest absolute Gasteiger partial charge is 0.492 e. The van der Waals surface area contributed by atoms with Gasteiger partial charge in [0.15, 0.2) is 5.76 Å². The van der Waals surface area contributed by atoms with Gasteiger partial charge in [-0.1, -0.05) is 65.3 Å². The highest BCUT2D eigenvalue weighted by atomic mass is 35.5. The van der Waals surface area contributed by atoms with Crippen molar-refractivity contribution in [3.8, 4) is 28.2 Å². The van der Waals surface area contributed by atoms with Gasteiger partial charge in [0.05, 0.1) is 18.6 Å². The molecule has 2 heterocycles. The fraction of sp³-hybridized carbons (Fsp3) is 0.207. The molecule has 0 saturated heterocycles. The molecule has 0 radical (unpaired) electrons. The molecule has 8 nitrogen and oxygen atoms in total. The van der Waals surface area contributed by atoms with Gasteiger partial charge < -0.3 is 19.1 Å². The maximum atomic E-state index is 12.8. The predicted octanol–water partition coefficient (Wildman–Crippen LogP) is 6.84. The normalized spacial score (nSPS) is 12.9. The molecule has 1 atom stereocenters. The van der Waals surface area contributed by atoms with Crippen LogP contribution in [0, 0.1) is 6.92 Å². The summed E-state index contributed by atoms with van der Waals surface area (Å²) in [6.45, 7) is 3.98. The summed E-state index contributed by atoms with van der Waals surface area (Å²) in [7, 11) is 0. The molecule has 3 aromatic carbocycles. The lowest BCUT2D eigenvalue weighted by atomic mass is 9.94. The summed E-state index contributed by atoms with van der Waals surface area (Å²) in [5, 5.41) is 16.4. The first kappa shape index (κ1) is 25.4. The van der Waals surface area contributed by atoms with E-state index in [1.54, 1.807) is 26.0 Å². The minimum atomic E-state index is -0.870. The zero-order valence-electron chi connectivity index (χ0n) is 20.8. The van der Waals surface area contributed by atoms with Gasteiger partial charge in [0.1, 0.15) is 23.2 Å². The fourth-order valence-corrected chi connectivity index (χ4v) is 4.87. The van der Waals surface area contributed by atoms with Crippen LogP contribution in [-0.2, 0) is 22.4 Å². The first-order valence-electron chi connectivity index (χ1n) is 12.1. The van der Waals surface area contributed by atoms with Gasteiger partial charge in [0, 0.05) is 22.6 Å². The number of carboxylic acid groups (broad SMARTS) is 1. The van der Waals surface area contributed by atoms with E-state index >= 15 is 0 Å². The quantitative estimate of drug-likeness (QED) is 0.268. The summed E-state index contributed by atoms with van der Waals surface area (Å²) in [5.41, 5.74) is 5.93. The Bertz CT molecular complexity index is 1510. The van der Waals surface area contributed by atoms with Crippen molar-refractivity contribution in [2.45, 2.75) is 32.8 Å². The van der Waals surface area contributed by atoms with Gasteiger partial charge in [-0.2, -0.15) is 0 Å². The second kappa shape index (κ2) is 10.6. The molecule has 0 saturated carbocycles. The Morgan fingerprint density at radius 1 is 1.11 bits per heavy atom.